The van der Waals surface area contributed by atoms with Crippen LogP contribution in [-0.4, -0.2) is 20.3 Å². The van der Waals surface area contributed by atoms with Crippen molar-refractivity contribution in [2.45, 2.75) is 19.2 Å². The summed E-state index contributed by atoms with van der Waals surface area (Å²) in [6, 6.07) is 7.84. The van der Waals surface area contributed by atoms with E-state index in [-0.39, 0.29) is 6.10 Å². The van der Waals surface area contributed by atoms with Crippen LogP contribution in [0.25, 0.3) is 0 Å². The highest BCUT2D eigenvalue weighted by Crippen LogP contribution is 1.98. The van der Waals surface area contributed by atoms with E-state index in [2.05, 4.69) is 0 Å². The Morgan fingerprint density at radius 1 is 0.786 bits per heavy atom. The molecule has 0 aliphatic rings. The average Bonchev–Trinajstić information content (AvgIpc) is 2.76. The molecule has 2 rings (SSSR count). The molecule has 2 heterocycles. The van der Waals surface area contributed by atoms with Gasteiger partial charge >= 0.3 is 0 Å². The summed E-state index contributed by atoms with van der Waals surface area (Å²) in [6.45, 7) is 1.29. The number of aromatic nitrogens is 2. The minimum absolute atomic E-state index is 0.338. The summed E-state index contributed by atoms with van der Waals surface area (Å²) in [5.74, 6) is 0. The maximum atomic E-state index is 9.75. The van der Waals surface area contributed by atoms with Gasteiger partial charge in [0.1, 0.15) is 0 Å². The Balaban J connectivity index is 1.88. The molecule has 0 bridgehead atoms. The minimum atomic E-state index is -0.338. The van der Waals surface area contributed by atoms with Gasteiger partial charge in [-0.2, -0.15) is 0 Å². The molecule has 0 atom stereocenters. The van der Waals surface area contributed by atoms with Gasteiger partial charge in [0, 0.05) is 37.9 Å². The van der Waals surface area contributed by atoms with Crippen LogP contribution in [-0.2, 0) is 13.1 Å². The van der Waals surface area contributed by atoms with Crippen molar-refractivity contribution in [2.75, 3.05) is 0 Å². The summed E-state index contributed by atoms with van der Waals surface area (Å²) < 4.78 is 3.96. The Bertz CT molecular complexity index is 314. The first-order chi connectivity index (χ1) is 6.84. The van der Waals surface area contributed by atoms with E-state index in [4.69, 9.17) is 0 Å². The van der Waals surface area contributed by atoms with Crippen LogP contribution in [0.15, 0.2) is 49.1 Å². The fourth-order valence-corrected chi connectivity index (χ4v) is 1.53. The fourth-order valence-electron chi connectivity index (χ4n) is 1.53. The Hall–Kier alpha value is -1.48. The first-order valence-corrected chi connectivity index (χ1v) is 4.74. The van der Waals surface area contributed by atoms with E-state index in [1.807, 2.05) is 58.2 Å². The van der Waals surface area contributed by atoms with Gasteiger partial charge in [-0.3, -0.25) is 0 Å². The first kappa shape index (κ1) is 9.09. The molecule has 3 heteroatoms. The summed E-state index contributed by atoms with van der Waals surface area (Å²) >= 11 is 0. The third-order valence-electron chi connectivity index (χ3n) is 2.18. The molecule has 0 saturated heterocycles. The lowest BCUT2D eigenvalue weighted by Crippen LogP contribution is -2.20. The molecule has 1 N–H and O–H groups in total. The topological polar surface area (TPSA) is 30.1 Å². The maximum absolute atomic E-state index is 9.75. The molecule has 0 aliphatic carbocycles. The van der Waals surface area contributed by atoms with Crippen molar-refractivity contribution >= 4 is 0 Å². The smallest absolute Gasteiger partial charge is 0.0897 e. The molecule has 0 saturated carbocycles. The van der Waals surface area contributed by atoms with E-state index in [9.17, 15) is 5.11 Å². The van der Waals surface area contributed by atoms with Gasteiger partial charge in [0.15, 0.2) is 0 Å². The van der Waals surface area contributed by atoms with Gasteiger partial charge in [-0.05, 0) is 24.3 Å². The number of hydrogen-bond acceptors (Lipinski definition) is 1. The molecular formula is C11H14N2O. The summed E-state index contributed by atoms with van der Waals surface area (Å²) in [6.07, 6.45) is 7.49. The SMILES string of the molecule is OC(Cn1cccc1)Cn1cccc1. The lowest BCUT2D eigenvalue weighted by molar-refractivity contribution is 0.135. The highest BCUT2D eigenvalue weighted by Gasteiger charge is 2.04. The number of hydrogen-bond donors (Lipinski definition) is 1. The van der Waals surface area contributed by atoms with Crippen LogP contribution in [0.3, 0.4) is 0 Å². The Morgan fingerprint density at radius 3 is 1.50 bits per heavy atom. The normalized spacial score (nSPS) is 11.0. The Kier molecular flexibility index (Phi) is 2.70. The van der Waals surface area contributed by atoms with E-state index in [0.29, 0.717) is 13.1 Å². The number of aliphatic hydroxyl groups is 1. The third kappa shape index (κ3) is 2.26. The quantitative estimate of drug-likeness (QED) is 0.775. The molecule has 0 aliphatic heterocycles. The molecule has 3 nitrogen and oxygen atoms in total. The van der Waals surface area contributed by atoms with Gasteiger partial charge in [-0.15, -0.1) is 0 Å². The fraction of sp³-hybridized carbons (Fsp3) is 0.273. The summed E-state index contributed by atoms with van der Waals surface area (Å²) in [5.41, 5.74) is 0. The van der Waals surface area contributed by atoms with Gasteiger partial charge in [0.25, 0.3) is 0 Å². The largest absolute Gasteiger partial charge is 0.389 e. The Morgan fingerprint density at radius 2 is 1.14 bits per heavy atom. The molecule has 0 spiro atoms. The van der Waals surface area contributed by atoms with Gasteiger partial charge in [0.05, 0.1) is 6.10 Å². The van der Waals surface area contributed by atoms with Crippen LogP contribution >= 0.6 is 0 Å². The van der Waals surface area contributed by atoms with Crippen molar-refractivity contribution in [3.8, 4) is 0 Å². The van der Waals surface area contributed by atoms with Crippen LogP contribution in [0.1, 0.15) is 0 Å². The van der Waals surface area contributed by atoms with Crippen molar-refractivity contribution in [3.63, 3.8) is 0 Å². The highest BCUT2D eigenvalue weighted by atomic mass is 16.3. The lowest BCUT2D eigenvalue weighted by atomic mass is 10.3. The zero-order chi connectivity index (χ0) is 9.80. The van der Waals surface area contributed by atoms with Crippen LogP contribution in [0.5, 0.6) is 0 Å². The minimum Gasteiger partial charge on any atom is -0.389 e. The molecular weight excluding hydrogens is 176 g/mol. The molecule has 0 unspecified atom stereocenters. The van der Waals surface area contributed by atoms with E-state index in [0.717, 1.165) is 0 Å². The predicted octanol–water partition coefficient (Wildman–Crippen LogP) is 1.35. The van der Waals surface area contributed by atoms with E-state index >= 15 is 0 Å². The second kappa shape index (κ2) is 4.15. The summed E-state index contributed by atoms with van der Waals surface area (Å²) in [7, 11) is 0. The monoisotopic (exact) mass is 190 g/mol. The Labute approximate surface area is 83.2 Å². The predicted molar refractivity (Wildman–Crippen MR) is 54.9 cm³/mol. The van der Waals surface area contributed by atoms with Crippen LogP contribution in [0.2, 0.25) is 0 Å². The second-order valence-electron chi connectivity index (χ2n) is 3.41. The van der Waals surface area contributed by atoms with Gasteiger partial charge in [-0.1, -0.05) is 0 Å². The highest BCUT2D eigenvalue weighted by molar-refractivity contribution is 4.92. The molecule has 2 aromatic heterocycles. The van der Waals surface area contributed by atoms with Gasteiger partial charge < -0.3 is 14.2 Å². The van der Waals surface area contributed by atoms with Crippen LogP contribution in [0, 0.1) is 0 Å². The van der Waals surface area contributed by atoms with Gasteiger partial charge in [0.2, 0.25) is 0 Å². The molecule has 2 aromatic rings. The third-order valence-corrected chi connectivity index (χ3v) is 2.18. The van der Waals surface area contributed by atoms with Crippen molar-refractivity contribution in [2.24, 2.45) is 0 Å². The number of rotatable bonds is 4. The molecule has 0 radical (unpaired) electrons. The van der Waals surface area contributed by atoms with Crippen molar-refractivity contribution in [3.05, 3.63) is 49.1 Å². The maximum Gasteiger partial charge on any atom is 0.0897 e. The average molecular weight is 190 g/mol. The van der Waals surface area contributed by atoms with Crippen LogP contribution in [0.4, 0.5) is 0 Å². The summed E-state index contributed by atoms with van der Waals surface area (Å²) in [5, 5.41) is 9.75. The lowest BCUT2D eigenvalue weighted by Gasteiger charge is -2.12. The molecule has 0 aromatic carbocycles. The zero-order valence-electron chi connectivity index (χ0n) is 7.95. The van der Waals surface area contributed by atoms with E-state index in [1.54, 1.807) is 0 Å². The van der Waals surface area contributed by atoms with Crippen LogP contribution < -0.4 is 0 Å². The number of aliphatic hydroxyl groups excluding tert-OH is 1. The van der Waals surface area contributed by atoms with Crippen molar-refractivity contribution in [1.82, 2.24) is 9.13 Å². The van der Waals surface area contributed by atoms with Crippen molar-refractivity contribution < 1.29 is 5.11 Å². The molecule has 74 valence electrons. The summed E-state index contributed by atoms with van der Waals surface area (Å²) in [4.78, 5) is 0. The standard InChI is InChI=1S/C11H14N2O/c14-11(9-12-5-1-2-6-12)10-13-7-3-4-8-13/h1-8,11,14H,9-10H2. The van der Waals surface area contributed by atoms with Crippen molar-refractivity contribution in [1.29, 1.82) is 0 Å². The zero-order valence-corrected chi connectivity index (χ0v) is 7.95. The molecule has 14 heavy (non-hydrogen) atoms. The first-order valence-electron chi connectivity index (χ1n) is 4.74. The van der Waals surface area contributed by atoms with Gasteiger partial charge in [-0.25, -0.2) is 0 Å². The second-order valence-corrected chi connectivity index (χ2v) is 3.41. The van der Waals surface area contributed by atoms with E-state index < -0.39 is 0 Å². The number of nitrogens with zero attached hydrogens (tertiary/aromatic N) is 2. The molecule has 0 amide bonds. The van der Waals surface area contributed by atoms with E-state index in [1.165, 1.54) is 0 Å². The molecule has 0 fully saturated rings.